The Balaban J connectivity index is 3.03. The van der Waals surface area contributed by atoms with Crippen LogP contribution >= 0.6 is 0 Å². The van der Waals surface area contributed by atoms with Gasteiger partial charge in [-0.1, -0.05) is 50.0 Å². The van der Waals surface area contributed by atoms with Gasteiger partial charge in [0.1, 0.15) is 0 Å². The van der Waals surface area contributed by atoms with Gasteiger partial charge in [-0.3, -0.25) is 0 Å². The van der Waals surface area contributed by atoms with Crippen molar-refractivity contribution in [3.8, 4) is 0 Å². The van der Waals surface area contributed by atoms with Crippen molar-refractivity contribution in [2.75, 3.05) is 5.32 Å². The van der Waals surface area contributed by atoms with Gasteiger partial charge in [-0.25, -0.2) is 0 Å². The highest BCUT2D eigenvalue weighted by molar-refractivity contribution is 6.80. The fourth-order valence-corrected chi connectivity index (χ4v) is 3.54. The molecular weight excluding hydrogens is 210 g/mol. The molecule has 0 heterocycles. The molecule has 0 bridgehead atoms. The maximum atomic E-state index is 4.16. The zero-order chi connectivity index (χ0) is 12.4. The molecule has 0 aliphatic carbocycles. The standard InChI is InChI=1S/C14H23NSi/c1-12(2)14(3,16(4,5)6)15-13-10-8-7-9-11-13/h7-11,15H,1H2,2-6H3. The van der Waals surface area contributed by atoms with Crippen molar-refractivity contribution >= 4 is 13.8 Å². The number of anilines is 1. The molecule has 0 radical (unpaired) electrons. The summed E-state index contributed by atoms with van der Waals surface area (Å²) < 4.78 is 0. The van der Waals surface area contributed by atoms with Gasteiger partial charge in [0.15, 0.2) is 0 Å². The van der Waals surface area contributed by atoms with E-state index in [9.17, 15) is 0 Å². The molecule has 0 saturated carbocycles. The molecule has 0 saturated heterocycles. The molecule has 0 aliphatic heterocycles. The quantitative estimate of drug-likeness (QED) is 0.603. The van der Waals surface area contributed by atoms with Gasteiger partial charge in [0.2, 0.25) is 0 Å². The van der Waals surface area contributed by atoms with Crippen LogP contribution in [0.25, 0.3) is 0 Å². The number of benzene rings is 1. The molecule has 0 spiro atoms. The maximum absolute atomic E-state index is 4.16. The zero-order valence-electron chi connectivity index (χ0n) is 11.1. The molecule has 1 aromatic rings. The number of para-hydroxylation sites is 1. The first-order chi connectivity index (χ1) is 7.27. The fourth-order valence-electron chi connectivity index (χ4n) is 1.74. The van der Waals surface area contributed by atoms with Crippen molar-refractivity contribution in [1.82, 2.24) is 0 Å². The van der Waals surface area contributed by atoms with Gasteiger partial charge in [-0.15, -0.1) is 0 Å². The average molecular weight is 233 g/mol. The van der Waals surface area contributed by atoms with Crippen LogP contribution in [-0.4, -0.2) is 13.2 Å². The third kappa shape index (κ3) is 2.56. The normalized spacial score (nSPS) is 15.3. The molecule has 1 N–H and O–H groups in total. The molecule has 0 fully saturated rings. The maximum Gasteiger partial charge on any atom is 0.0790 e. The van der Waals surface area contributed by atoms with Crippen LogP contribution in [-0.2, 0) is 0 Å². The van der Waals surface area contributed by atoms with Crippen molar-refractivity contribution in [3.05, 3.63) is 42.5 Å². The summed E-state index contributed by atoms with van der Waals surface area (Å²) in [4.78, 5) is 0. The summed E-state index contributed by atoms with van der Waals surface area (Å²) >= 11 is 0. The van der Waals surface area contributed by atoms with E-state index in [1.54, 1.807) is 0 Å². The van der Waals surface area contributed by atoms with Gasteiger partial charge in [0, 0.05) is 10.8 Å². The summed E-state index contributed by atoms with van der Waals surface area (Å²) in [5, 5.41) is 3.69. The highest BCUT2D eigenvalue weighted by Crippen LogP contribution is 2.31. The fraction of sp³-hybridized carbons (Fsp3) is 0.429. The van der Waals surface area contributed by atoms with Crippen LogP contribution in [0.3, 0.4) is 0 Å². The molecule has 16 heavy (non-hydrogen) atoms. The van der Waals surface area contributed by atoms with Crippen molar-refractivity contribution < 1.29 is 0 Å². The molecule has 1 unspecified atom stereocenters. The minimum Gasteiger partial charge on any atom is -0.379 e. The molecule has 1 atom stereocenters. The lowest BCUT2D eigenvalue weighted by Crippen LogP contribution is -2.56. The second-order valence-corrected chi connectivity index (χ2v) is 11.1. The van der Waals surface area contributed by atoms with E-state index >= 15 is 0 Å². The minimum atomic E-state index is -1.37. The van der Waals surface area contributed by atoms with E-state index in [2.05, 4.69) is 69.6 Å². The van der Waals surface area contributed by atoms with Crippen molar-refractivity contribution in [2.45, 2.75) is 38.7 Å². The smallest absolute Gasteiger partial charge is 0.0790 e. The predicted octanol–water partition coefficient (Wildman–Crippen LogP) is 4.31. The molecule has 1 aromatic carbocycles. The average Bonchev–Trinajstić information content (AvgIpc) is 2.17. The summed E-state index contributed by atoms with van der Waals surface area (Å²) in [6, 6.07) is 10.4. The Bertz CT molecular complexity index is 364. The number of hydrogen-bond acceptors (Lipinski definition) is 1. The summed E-state index contributed by atoms with van der Waals surface area (Å²) in [6.07, 6.45) is 0. The number of nitrogens with one attached hydrogen (secondary N) is 1. The van der Waals surface area contributed by atoms with Crippen LogP contribution in [0.15, 0.2) is 42.5 Å². The van der Waals surface area contributed by atoms with Crippen LogP contribution in [0.5, 0.6) is 0 Å². The topological polar surface area (TPSA) is 12.0 Å². The Labute approximate surface area is 101 Å². The van der Waals surface area contributed by atoms with Crippen LogP contribution in [0, 0.1) is 0 Å². The first-order valence-electron chi connectivity index (χ1n) is 5.76. The second kappa shape index (κ2) is 4.46. The lowest BCUT2D eigenvalue weighted by Gasteiger charge is -2.43. The summed E-state index contributed by atoms with van der Waals surface area (Å²) in [6.45, 7) is 15.7. The van der Waals surface area contributed by atoms with Crippen molar-refractivity contribution in [2.24, 2.45) is 0 Å². The van der Waals surface area contributed by atoms with Gasteiger partial charge >= 0.3 is 0 Å². The van der Waals surface area contributed by atoms with Gasteiger partial charge < -0.3 is 5.32 Å². The lowest BCUT2D eigenvalue weighted by molar-refractivity contribution is 0.794. The Kier molecular flexibility index (Phi) is 3.63. The lowest BCUT2D eigenvalue weighted by atomic mass is 10.1. The summed E-state index contributed by atoms with van der Waals surface area (Å²) in [7, 11) is -1.37. The molecule has 0 aliphatic rings. The predicted molar refractivity (Wildman–Crippen MR) is 76.6 cm³/mol. The monoisotopic (exact) mass is 233 g/mol. The summed E-state index contributed by atoms with van der Waals surface area (Å²) in [5.41, 5.74) is 2.39. The van der Waals surface area contributed by atoms with E-state index in [0.29, 0.717) is 0 Å². The molecule has 1 nitrogen and oxygen atoms in total. The van der Waals surface area contributed by atoms with E-state index < -0.39 is 8.07 Å². The van der Waals surface area contributed by atoms with E-state index in [-0.39, 0.29) is 5.16 Å². The Morgan fingerprint density at radius 3 is 2.06 bits per heavy atom. The van der Waals surface area contributed by atoms with Crippen LogP contribution in [0.4, 0.5) is 5.69 Å². The van der Waals surface area contributed by atoms with E-state index in [1.165, 1.54) is 11.3 Å². The molecule has 1 rings (SSSR count). The SMILES string of the molecule is C=C(C)C(C)(Nc1ccccc1)[Si](C)(C)C. The molecule has 0 aromatic heterocycles. The first-order valence-corrected chi connectivity index (χ1v) is 9.26. The highest BCUT2D eigenvalue weighted by Gasteiger charge is 2.39. The Morgan fingerprint density at radius 2 is 1.69 bits per heavy atom. The summed E-state index contributed by atoms with van der Waals surface area (Å²) in [5.74, 6) is 0. The van der Waals surface area contributed by atoms with Gasteiger partial charge in [0.25, 0.3) is 0 Å². The molecule has 88 valence electrons. The first kappa shape index (κ1) is 13.0. The molecule has 2 heteroatoms. The van der Waals surface area contributed by atoms with Crippen LogP contribution in [0.1, 0.15) is 13.8 Å². The van der Waals surface area contributed by atoms with Gasteiger partial charge in [-0.2, -0.15) is 0 Å². The van der Waals surface area contributed by atoms with E-state index in [0.717, 1.165) is 0 Å². The molecule has 0 amide bonds. The van der Waals surface area contributed by atoms with Crippen LogP contribution in [0.2, 0.25) is 19.6 Å². The number of rotatable bonds is 4. The third-order valence-electron chi connectivity index (χ3n) is 3.52. The van der Waals surface area contributed by atoms with Gasteiger partial charge in [-0.05, 0) is 26.0 Å². The minimum absolute atomic E-state index is 0.0361. The van der Waals surface area contributed by atoms with Crippen LogP contribution < -0.4 is 5.32 Å². The third-order valence-corrected chi connectivity index (χ3v) is 7.07. The molecular formula is C14H23NSi. The van der Waals surface area contributed by atoms with Gasteiger partial charge in [0.05, 0.1) is 8.07 Å². The Morgan fingerprint density at radius 1 is 1.19 bits per heavy atom. The van der Waals surface area contributed by atoms with Crippen molar-refractivity contribution in [3.63, 3.8) is 0 Å². The zero-order valence-corrected chi connectivity index (χ0v) is 12.1. The van der Waals surface area contributed by atoms with E-state index in [1.807, 2.05) is 6.07 Å². The Hall–Kier alpha value is -1.02. The largest absolute Gasteiger partial charge is 0.379 e. The second-order valence-electron chi connectivity index (χ2n) is 5.65. The van der Waals surface area contributed by atoms with E-state index in [4.69, 9.17) is 0 Å². The van der Waals surface area contributed by atoms with Crippen molar-refractivity contribution in [1.29, 1.82) is 0 Å². The highest BCUT2D eigenvalue weighted by atomic mass is 28.3. The number of hydrogen-bond donors (Lipinski definition) is 1.